The van der Waals surface area contributed by atoms with Crippen LogP contribution in [0.25, 0.3) is 11.8 Å². The van der Waals surface area contributed by atoms with Gasteiger partial charge in [0.25, 0.3) is 6.26 Å². The number of hydrogen-bond acceptors (Lipinski definition) is 2. The van der Waals surface area contributed by atoms with E-state index >= 15 is 0 Å². The Morgan fingerprint density at radius 3 is 2.86 bits per heavy atom. The van der Waals surface area contributed by atoms with Crippen LogP contribution in [0.2, 0.25) is 0 Å². The van der Waals surface area contributed by atoms with Crippen molar-refractivity contribution < 1.29 is 4.74 Å². The Morgan fingerprint density at radius 1 is 1.50 bits per heavy atom. The van der Waals surface area contributed by atoms with Crippen LogP contribution in [0, 0.1) is 11.5 Å². The van der Waals surface area contributed by atoms with Crippen molar-refractivity contribution in [2.24, 2.45) is 0 Å². The topological polar surface area (TPSA) is 33.0 Å². The highest BCUT2D eigenvalue weighted by atomic mass is 16.5. The van der Waals surface area contributed by atoms with Gasteiger partial charge >= 0.3 is 0 Å². The van der Waals surface area contributed by atoms with E-state index in [4.69, 9.17) is 10.00 Å². The summed E-state index contributed by atoms with van der Waals surface area (Å²) in [5, 5.41) is 10.5. The molecule has 0 atom stereocenters. The van der Waals surface area contributed by atoms with E-state index in [1.54, 1.807) is 13.2 Å². The minimum atomic E-state index is 0.646. The molecule has 1 aromatic rings. The third-order valence-electron chi connectivity index (χ3n) is 1.96. The van der Waals surface area contributed by atoms with Crippen molar-refractivity contribution in [3.8, 4) is 6.26 Å². The Kier molecular flexibility index (Phi) is 3.75. The Labute approximate surface area is 83.7 Å². The molecule has 2 heteroatoms. The molecule has 0 N–H and O–H groups in total. The van der Waals surface area contributed by atoms with Crippen molar-refractivity contribution in [3.63, 3.8) is 0 Å². The van der Waals surface area contributed by atoms with Crippen molar-refractivity contribution in [1.29, 1.82) is 5.26 Å². The predicted molar refractivity (Wildman–Crippen MR) is 56.2 cm³/mol. The molecule has 72 valence electrons. The molecule has 0 saturated carbocycles. The second-order valence-corrected chi connectivity index (χ2v) is 2.95. The highest BCUT2D eigenvalue weighted by Gasteiger charge is 1.92. The Bertz CT molecular complexity index is 454. The van der Waals surface area contributed by atoms with Gasteiger partial charge in [0.05, 0.1) is 0 Å². The standard InChI is InChI=1S/C12H13NO/c1-3-6-11-7-4-5-8-12(11)10(2)14-9-13/h4-8H,3H2,1-2H3/b11-6-,12-10+. The molecule has 0 aliphatic rings. The van der Waals surface area contributed by atoms with Crippen LogP contribution in [0.5, 0.6) is 0 Å². The van der Waals surface area contributed by atoms with Crippen LogP contribution in [-0.2, 0) is 4.74 Å². The van der Waals surface area contributed by atoms with E-state index in [0.29, 0.717) is 5.76 Å². The van der Waals surface area contributed by atoms with Gasteiger partial charge in [-0.3, -0.25) is 0 Å². The van der Waals surface area contributed by atoms with E-state index in [-0.39, 0.29) is 0 Å². The van der Waals surface area contributed by atoms with Crippen molar-refractivity contribution in [2.75, 3.05) is 0 Å². The highest BCUT2D eigenvalue weighted by Crippen LogP contribution is 1.89. The van der Waals surface area contributed by atoms with Gasteiger partial charge in [0.1, 0.15) is 5.76 Å². The Hall–Kier alpha value is -1.75. The number of benzene rings is 1. The van der Waals surface area contributed by atoms with E-state index in [2.05, 4.69) is 13.0 Å². The van der Waals surface area contributed by atoms with Crippen molar-refractivity contribution in [1.82, 2.24) is 0 Å². The first-order valence-corrected chi connectivity index (χ1v) is 4.61. The lowest BCUT2D eigenvalue weighted by Gasteiger charge is -1.95. The first-order valence-electron chi connectivity index (χ1n) is 4.61. The van der Waals surface area contributed by atoms with Gasteiger partial charge in [-0.15, -0.1) is 5.26 Å². The molecule has 0 unspecified atom stereocenters. The summed E-state index contributed by atoms with van der Waals surface area (Å²) in [6.45, 7) is 3.88. The highest BCUT2D eigenvalue weighted by molar-refractivity contribution is 5.38. The van der Waals surface area contributed by atoms with Gasteiger partial charge in [0.2, 0.25) is 0 Å². The zero-order chi connectivity index (χ0) is 10.4. The van der Waals surface area contributed by atoms with Gasteiger partial charge in [0, 0.05) is 5.22 Å². The number of nitrogens with zero attached hydrogens (tertiary/aromatic N) is 1. The summed E-state index contributed by atoms with van der Waals surface area (Å²) in [6.07, 6.45) is 4.76. The summed E-state index contributed by atoms with van der Waals surface area (Å²) in [5.41, 5.74) is 0. The van der Waals surface area contributed by atoms with Gasteiger partial charge in [-0.25, -0.2) is 0 Å². The molecular weight excluding hydrogens is 174 g/mol. The van der Waals surface area contributed by atoms with E-state index in [1.807, 2.05) is 24.3 Å². The van der Waals surface area contributed by atoms with E-state index < -0.39 is 0 Å². The van der Waals surface area contributed by atoms with Gasteiger partial charge in [-0.1, -0.05) is 37.3 Å². The first kappa shape index (κ1) is 10.3. The van der Waals surface area contributed by atoms with E-state index in [0.717, 1.165) is 16.9 Å². The summed E-state index contributed by atoms with van der Waals surface area (Å²) < 4.78 is 4.82. The lowest BCUT2D eigenvalue weighted by molar-refractivity contribution is 0.452. The van der Waals surface area contributed by atoms with Crippen molar-refractivity contribution in [3.05, 3.63) is 34.7 Å². The average Bonchev–Trinajstić information content (AvgIpc) is 2.19. The second-order valence-electron chi connectivity index (χ2n) is 2.95. The summed E-state index contributed by atoms with van der Waals surface area (Å²) >= 11 is 0. The first-order chi connectivity index (χ1) is 6.79. The van der Waals surface area contributed by atoms with Gasteiger partial charge in [0.15, 0.2) is 0 Å². The minimum Gasteiger partial charge on any atom is -0.392 e. The molecule has 0 aromatic heterocycles. The largest absolute Gasteiger partial charge is 0.392 e. The molecule has 0 fully saturated rings. The second kappa shape index (κ2) is 5.08. The zero-order valence-electron chi connectivity index (χ0n) is 8.45. The quantitative estimate of drug-likeness (QED) is 0.657. The van der Waals surface area contributed by atoms with Crippen LogP contribution in [0.1, 0.15) is 20.3 Å². The lowest BCUT2D eigenvalue weighted by Crippen LogP contribution is -2.26. The fourth-order valence-corrected chi connectivity index (χ4v) is 1.34. The number of hydrogen-bond donors (Lipinski definition) is 0. The monoisotopic (exact) mass is 187 g/mol. The maximum absolute atomic E-state index is 8.42. The number of nitriles is 1. The molecule has 0 radical (unpaired) electrons. The number of rotatable bonds is 2. The molecule has 2 nitrogen and oxygen atoms in total. The van der Waals surface area contributed by atoms with Gasteiger partial charge in [-0.05, 0) is 18.6 Å². The van der Waals surface area contributed by atoms with E-state index in [9.17, 15) is 0 Å². The summed E-state index contributed by atoms with van der Waals surface area (Å²) in [6, 6.07) is 7.88. The van der Waals surface area contributed by atoms with Gasteiger partial charge in [-0.2, -0.15) is 0 Å². The molecule has 0 aliphatic heterocycles. The molecule has 1 aromatic carbocycles. The van der Waals surface area contributed by atoms with Crippen LogP contribution >= 0.6 is 0 Å². The molecule has 0 saturated heterocycles. The third kappa shape index (κ3) is 2.37. The average molecular weight is 187 g/mol. The normalized spacial score (nSPS) is 13.4. The molecule has 1 rings (SSSR count). The van der Waals surface area contributed by atoms with Gasteiger partial charge < -0.3 is 4.74 Å². The van der Waals surface area contributed by atoms with Crippen LogP contribution in [0.15, 0.2) is 24.3 Å². The summed E-state index contributed by atoms with van der Waals surface area (Å²) in [4.78, 5) is 0. The maximum Gasteiger partial charge on any atom is 0.291 e. The summed E-state index contributed by atoms with van der Waals surface area (Å²) in [5.74, 6) is 0.646. The summed E-state index contributed by atoms with van der Waals surface area (Å²) in [7, 11) is 0. The van der Waals surface area contributed by atoms with E-state index in [1.165, 1.54) is 0 Å². The minimum absolute atomic E-state index is 0.646. The fraction of sp³-hybridized carbons (Fsp3) is 0.250. The van der Waals surface area contributed by atoms with Crippen LogP contribution in [-0.4, -0.2) is 0 Å². The third-order valence-corrected chi connectivity index (χ3v) is 1.96. The Balaban J connectivity index is 3.42. The maximum atomic E-state index is 8.42. The molecule has 0 aliphatic carbocycles. The molecule has 0 heterocycles. The fourth-order valence-electron chi connectivity index (χ4n) is 1.34. The van der Waals surface area contributed by atoms with Crippen LogP contribution < -0.4 is 10.4 Å². The SMILES string of the molecule is CC/C=c1/cccc/c1=C(/C)OC#N. The van der Waals surface area contributed by atoms with Crippen molar-refractivity contribution in [2.45, 2.75) is 20.3 Å². The smallest absolute Gasteiger partial charge is 0.291 e. The zero-order valence-corrected chi connectivity index (χ0v) is 8.45. The molecule has 14 heavy (non-hydrogen) atoms. The van der Waals surface area contributed by atoms with Crippen LogP contribution in [0.4, 0.5) is 0 Å². The lowest BCUT2D eigenvalue weighted by atomic mass is 10.2. The molecule has 0 bridgehead atoms. The Morgan fingerprint density at radius 2 is 2.21 bits per heavy atom. The predicted octanol–water partition coefficient (Wildman–Crippen LogP) is 1.50. The molecule has 0 spiro atoms. The van der Waals surface area contributed by atoms with Crippen molar-refractivity contribution >= 4 is 11.8 Å². The number of ether oxygens (including phenoxy) is 1. The van der Waals surface area contributed by atoms with Crippen LogP contribution in [0.3, 0.4) is 0 Å². The molecule has 0 amide bonds. The molecular formula is C12H13NO.